The number of carbonyl (C=O) groups is 1. The summed E-state index contributed by atoms with van der Waals surface area (Å²) in [6.45, 7) is 1.52. The van der Waals surface area contributed by atoms with Crippen LogP contribution in [0.4, 0.5) is 13.2 Å². The number of fused-ring (bicyclic) bond motifs is 2. The van der Waals surface area contributed by atoms with Gasteiger partial charge in [0.1, 0.15) is 39.6 Å². The maximum Gasteiger partial charge on any atom is 0.416 e. The molecule has 3 aliphatic rings. The molecule has 3 aromatic carbocycles. The molecule has 2 saturated heterocycles. The number of sulfonamides is 1. The molecule has 0 saturated carbocycles. The van der Waals surface area contributed by atoms with Gasteiger partial charge in [0.25, 0.3) is 0 Å². The van der Waals surface area contributed by atoms with Crippen molar-refractivity contribution >= 4 is 15.9 Å². The molecule has 13 nitrogen and oxygen atoms in total. The van der Waals surface area contributed by atoms with Crippen molar-refractivity contribution in [3.63, 3.8) is 0 Å². The van der Waals surface area contributed by atoms with Crippen LogP contribution in [0, 0.1) is 0 Å². The molecule has 4 aromatic rings. The van der Waals surface area contributed by atoms with Gasteiger partial charge in [0.15, 0.2) is 0 Å². The average Bonchev–Trinajstić information content (AvgIpc) is 3.83. The number of benzene rings is 3. The van der Waals surface area contributed by atoms with Crippen LogP contribution in [0.25, 0.3) is 5.69 Å². The number of amides is 1. The molecule has 4 heterocycles. The molecule has 3 aliphatic heterocycles. The van der Waals surface area contributed by atoms with E-state index in [2.05, 4.69) is 20.5 Å². The van der Waals surface area contributed by atoms with Crippen molar-refractivity contribution in [2.45, 2.75) is 67.6 Å². The molecule has 1 amide bonds. The van der Waals surface area contributed by atoms with E-state index in [1.54, 1.807) is 25.4 Å². The van der Waals surface area contributed by atoms with E-state index in [1.165, 1.54) is 11.8 Å². The topological polar surface area (TPSA) is 137 Å². The molecule has 17 heteroatoms. The summed E-state index contributed by atoms with van der Waals surface area (Å²) in [7, 11) is -1.53. The van der Waals surface area contributed by atoms with E-state index in [1.807, 2.05) is 36.4 Å². The maximum atomic E-state index is 14.3. The number of methoxy groups -OCH3 is 2. The summed E-state index contributed by atoms with van der Waals surface area (Å²) in [6, 6.07) is 16.2. The number of nitrogens with one attached hydrogen (secondary N) is 1. The Bertz CT molecular complexity index is 2090. The summed E-state index contributed by atoms with van der Waals surface area (Å²) >= 11 is 0. The smallest absolute Gasteiger partial charge is 0.416 e. The molecule has 0 aliphatic carbocycles. The number of piperidine rings is 1. The largest absolute Gasteiger partial charge is 0.496 e. The maximum absolute atomic E-state index is 14.3. The standard InChI is InChI=1S/C37H41F3N6O7S/c1-50-31-9-5-3-7-25(31)21-44-16-13-36(14-17-44)15-18-52-33-12-11-26(37(38,39)40)19-34(33)54(48,49)46-23-28(20-30(46)35(47)41-36)53-24-27-22-45(43-42-27)29-8-4-6-10-32(29)51-2/h3-12,19,22,28,30H,13-18,20-21,23-24H2,1-2H3,(H,41,47)/t28-,30+/m1/s1. The predicted molar refractivity (Wildman–Crippen MR) is 189 cm³/mol. The molecule has 288 valence electrons. The molecule has 0 unspecified atom stereocenters. The Hall–Kier alpha value is -4.71. The van der Waals surface area contributed by atoms with E-state index in [0.717, 1.165) is 27.8 Å². The molecule has 0 bridgehead atoms. The van der Waals surface area contributed by atoms with Gasteiger partial charge in [0, 0.05) is 50.1 Å². The number of aromatic nitrogens is 3. The van der Waals surface area contributed by atoms with Gasteiger partial charge in [0.2, 0.25) is 15.9 Å². The Morgan fingerprint density at radius 1 is 0.981 bits per heavy atom. The van der Waals surface area contributed by atoms with Gasteiger partial charge >= 0.3 is 6.18 Å². The number of para-hydroxylation sites is 3. The van der Waals surface area contributed by atoms with Crippen LogP contribution in [0.1, 0.15) is 42.5 Å². The van der Waals surface area contributed by atoms with Crippen LogP contribution in [-0.4, -0.2) is 96.7 Å². The monoisotopic (exact) mass is 770 g/mol. The highest BCUT2D eigenvalue weighted by Crippen LogP contribution is 2.39. The number of carbonyl (C=O) groups excluding carboxylic acids is 1. The highest BCUT2D eigenvalue weighted by molar-refractivity contribution is 7.89. The van der Waals surface area contributed by atoms with E-state index in [-0.39, 0.29) is 31.9 Å². The van der Waals surface area contributed by atoms with Gasteiger partial charge in [-0.15, -0.1) is 5.10 Å². The van der Waals surface area contributed by atoms with Gasteiger partial charge in [-0.05, 0) is 49.2 Å². The first-order valence-electron chi connectivity index (χ1n) is 17.6. The molecule has 1 N–H and O–H groups in total. The van der Waals surface area contributed by atoms with Crippen molar-refractivity contribution in [2.75, 3.05) is 40.5 Å². The van der Waals surface area contributed by atoms with Gasteiger partial charge in [0.05, 0.1) is 45.3 Å². The van der Waals surface area contributed by atoms with Crippen LogP contribution in [0.3, 0.4) is 0 Å². The van der Waals surface area contributed by atoms with Crippen molar-refractivity contribution in [1.29, 1.82) is 0 Å². The van der Waals surface area contributed by atoms with Gasteiger partial charge < -0.3 is 24.3 Å². The summed E-state index contributed by atoms with van der Waals surface area (Å²) in [5.41, 5.74) is 0.212. The fraction of sp³-hybridized carbons (Fsp3) is 0.432. The molecule has 7 rings (SSSR count). The number of halogens is 3. The van der Waals surface area contributed by atoms with Crippen molar-refractivity contribution in [3.8, 4) is 22.9 Å². The third-order valence-corrected chi connectivity index (χ3v) is 12.2. The summed E-state index contributed by atoms with van der Waals surface area (Å²) in [5.74, 6) is 0.603. The second kappa shape index (κ2) is 15.2. The Morgan fingerprint density at radius 2 is 1.70 bits per heavy atom. The summed E-state index contributed by atoms with van der Waals surface area (Å²) in [4.78, 5) is 15.9. The Morgan fingerprint density at radius 3 is 2.44 bits per heavy atom. The molecular formula is C37H41F3N6O7S. The molecule has 1 spiro atoms. The third kappa shape index (κ3) is 7.76. The molecule has 54 heavy (non-hydrogen) atoms. The minimum atomic E-state index is -4.81. The zero-order valence-corrected chi connectivity index (χ0v) is 30.6. The SMILES string of the molecule is COc1ccccc1CN1CCC2(CCOc3ccc(C(F)(F)F)cc3S(=O)(=O)N3C[C@H](OCc4cn(-c5ccccc5OC)nn4)C[C@H]3C(=O)N2)CC1. The summed E-state index contributed by atoms with van der Waals surface area (Å²) in [5, 5.41) is 11.5. The van der Waals surface area contributed by atoms with Gasteiger partial charge in [-0.25, -0.2) is 13.1 Å². The number of rotatable bonds is 8. The number of nitrogens with zero attached hydrogens (tertiary/aromatic N) is 5. The fourth-order valence-corrected chi connectivity index (χ4v) is 9.17. The first-order valence-corrected chi connectivity index (χ1v) is 19.0. The Kier molecular flexibility index (Phi) is 10.6. The van der Waals surface area contributed by atoms with Gasteiger partial charge in [-0.1, -0.05) is 35.5 Å². The minimum absolute atomic E-state index is 0.0212. The first kappa shape index (κ1) is 37.6. The lowest BCUT2D eigenvalue weighted by Crippen LogP contribution is -2.59. The van der Waals surface area contributed by atoms with E-state index >= 15 is 0 Å². The van der Waals surface area contributed by atoms with Crippen LogP contribution in [0.2, 0.25) is 0 Å². The van der Waals surface area contributed by atoms with Crippen molar-refractivity contribution in [3.05, 3.63) is 89.7 Å². The van der Waals surface area contributed by atoms with Crippen LogP contribution in [0.15, 0.2) is 77.8 Å². The Balaban J connectivity index is 1.14. The van der Waals surface area contributed by atoms with Gasteiger partial charge in [-0.3, -0.25) is 9.69 Å². The zero-order valence-electron chi connectivity index (χ0n) is 29.8. The van der Waals surface area contributed by atoms with Crippen molar-refractivity contribution in [1.82, 2.24) is 29.5 Å². The number of hydrogen-bond donors (Lipinski definition) is 1. The lowest BCUT2D eigenvalue weighted by atomic mass is 9.84. The van der Waals surface area contributed by atoms with Crippen molar-refractivity contribution < 1.29 is 45.3 Å². The highest BCUT2D eigenvalue weighted by Gasteiger charge is 2.48. The number of alkyl halides is 3. The number of ether oxygens (including phenoxy) is 4. The molecule has 2 fully saturated rings. The quantitative estimate of drug-likeness (QED) is 0.271. The second-order valence-corrected chi connectivity index (χ2v) is 15.6. The highest BCUT2D eigenvalue weighted by atomic mass is 32.2. The normalized spacial score (nSPS) is 21.7. The van der Waals surface area contributed by atoms with Crippen molar-refractivity contribution in [2.24, 2.45) is 0 Å². The third-order valence-electron chi connectivity index (χ3n) is 10.3. The first-order chi connectivity index (χ1) is 25.9. The average molecular weight is 771 g/mol. The minimum Gasteiger partial charge on any atom is -0.496 e. The van der Waals surface area contributed by atoms with Crippen LogP contribution < -0.4 is 19.5 Å². The lowest BCUT2D eigenvalue weighted by molar-refractivity contribution is -0.137. The molecule has 0 radical (unpaired) electrons. The number of likely N-dealkylation sites (tertiary alicyclic amines) is 1. The van der Waals surface area contributed by atoms with E-state index < -0.39 is 50.3 Å². The van der Waals surface area contributed by atoms with E-state index in [0.29, 0.717) is 62.1 Å². The molecular weight excluding hydrogens is 730 g/mol. The van der Waals surface area contributed by atoms with Gasteiger partial charge in [-0.2, -0.15) is 17.5 Å². The van der Waals surface area contributed by atoms with Crippen LogP contribution in [0.5, 0.6) is 17.2 Å². The Labute approximate surface area is 311 Å². The summed E-state index contributed by atoms with van der Waals surface area (Å²) < 4.78 is 95.8. The second-order valence-electron chi connectivity index (χ2n) is 13.7. The molecule has 1 aromatic heterocycles. The summed E-state index contributed by atoms with van der Waals surface area (Å²) in [6.07, 6.45) is -2.59. The molecule has 2 atom stereocenters. The van der Waals surface area contributed by atoms with E-state index in [4.69, 9.17) is 18.9 Å². The fourth-order valence-electron chi connectivity index (χ4n) is 7.38. The predicted octanol–water partition coefficient (Wildman–Crippen LogP) is 4.59. The van der Waals surface area contributed by atoms with E-state index in [9.17, 15) is 26.4 Å². The zero-order chi connectivity index (χ0) is 38.1. The lowest BCUT2D eigenvalue weighted by Gasteiger charge is -2.43. The number of hydrogen-bond acceptors (Lipinski definition) is 10. The van der Waals surface area contributed by atoms with Crippen LogP contribution >= 0.6 is 0 Å². The van der Waals surface area contributed by atoms with Crippen LogP contribution in [-0.2, 0) is 38.9 Å².